The van der Waals surface area contributed by atoms with E-state index in [-0.39, 0.29) is 5.56 Å². The molecule has 0 aromatic carbocycles. The molecule has 0 unspecified atom stereocenters. The highest BCUT2D eigenvalue weighted by molar-refractivity contribution is 6.03. The van der Waals surface area contributed by atoms with Gasteiger partial charge in [-0.25, -0.2) is 8.78 Å². The van der Waals surface area contributed by atoms with Gasteiger partial charge in [-0.15, -0.1) is 0 Å². The zero-order valence-electron chi connectivity index (χ0n) is 7.20. The van der Waals surface area contributed by atoms with Crippen LogP contribution in [0.3, 0.4) is 0 Å². The van der Waals surface area contributed by atoms with Crippen molar-refractivity contribution >= 4 is 5.71 Å². The van der Waals surface area contributed by atoms with Gasteiger partial charge in [-0.3, -0.25) is 4.68 Å². The molecule has 0 saturated carbocycles. The summed E-state index contributed by atoms with van der Waals surface area (Å²) in [5, 5.41) is 14.8. The van der Waals surface area contributed by atoms with Gasteiger partial charge in [0.1, 0.15) is 0 Å². The number of nitrogens with zero attached hydrogens (tertiary/aromatic N) is 3. The first kappa shape index (κ1) is 9.63. The molecule has 0 spiro atoms. The van der Waals surface area contributed by atoms with E-state index in [1.54, 1.807) is 14.0 Å². The Bertz CT molecular complexity index is 332. The maximum atomic E-state index is 12.2. The van der Waals surface area contributed by atoms with Crippen LogP contribution in [0.5, 0.6) is 0 Å². The highest BCUT2D eigenvalue weighted by Gasteiger charge is 2.20. The Morgan fingerprint density at radius 1 is 1.69 bits per heavy atom. The zero-order valence-corrected chi connectivity index (χ0v) is 7.20. The lowest BCUT2D eigenvalue weighted by Gasteiger charge is -1.99. The van der Waals surface area contributed by atoms with Gasteiger partial charge in [0.2, 0.25) is 0 Å². The second-order valence-corrected chi connectivity index (χ2v) is 2.59. The van der Waals surface area contributed by atoms with Gasteiger partial charge in [-0.2, -0.15) is 5.10 Å². The van der Waals surface area contributed by atoms with E-state index in [0.29, 0.717) is 5.69 Å². The molecule has 13 heavy (non-hydrogen) atoms. The average molecular weight is 189 g/mol. The van der Waals surface area contributed by atoms with E-state index in [4.69, 9.17) is 5.21 Å². The van der Waals surface area contributed by atoms with Gasteiger partial charge in [0, 0.05) is 18.8 Å². The summed E-state index contributed by atoms with van der Waals surface area (Å²) in [6.07, 6.45) is -1.41. The van der Waals surface area contributed by atoms with Crippen molar-refractivity contribution in [3.8, 4) is 0 Å². The number of aryl methyl sites for hydroxylation is 2. The summed E-state index contributed by atoms with van der Waals surface area (Å²) in [6, 6.07) is 0. The molecule has 0 aliphatic heterocycles. The third kappa shape index (κ3) is 1.82. The molecule has 0 saturated heterocycles. The van der Waals surface area contributed by atoms with Crippen molar-refractivity contribution < 1.29 is 14.0 Å². The molecule has 0 fully saturated rings. The SMILES string of the molecule is Cc1nn(C)cc1/C(=N/O)C(F)F. The molecule has 1 aromatic rings. The molecule has 0 atom stereocenters. The Morgan fingerprint density at radius 2 is 2.31 bits per heavy atom. The lowest BCUT2D eigenvalue weighted by Crippen LogP contribution is -2.12. The van der Waals surface area contributed by atoms with Crippen LogP contribution in [0.4, 0.5) is 8.78 Å². The van der Waals surface area contributed by atoms with Gasteiger partial charge in [0.15, 0.2) is 5.71 Å². The van der Waals surface area contributed by atoms with Crippen molar-refractivity contribution in [2.75, 3.05) is 0 Å². The first-order valence-electron chi connectivity index (χ1n) is 3.57. The molecule has 72 valence electrons. The van der Waals surface area contributed by atoms with Crippen molar-refractivity contribution in [3.05, 3.63) is 17.5 Å². The lowest BCUT2D eigenvalue weighted by molar-refractivity contribution is 0.215. The molecule has 6 heteroatoms. The summed E-state index contributed by atoms with van der Waals surface area (Å²) in [6.45, 7) is 1.57. The third-order valence-electron chi connectivity index (χ3n) is 1.60. The predicted molar refractivity (Wildman–Crippen MR) is 42.3 cm³/mol. The molecule has 1 rings (SSSR count). The van der Waals surface area contributed by atoms with Crippen LogP contribution in [-0.2, 0) is 7.05 Å². The predicted octanol–water partition coefficient (Wildman–Crippen LogP) is 1.17. The summed E-state index contributed by atoms with van der Waals surface area (Å²) in [5.74, 6) is 0. The maximum absolute atomic E-state index is 12.2. The van der Waals surface area contributed by atoms with Gasteiger partial charge in [-0.05, 0) is 6.92 Å². The minimum atomic E-state index is -2.80. The highest BCUT2D eigenvalue weighted by atomic mass is 19.3. The smallest absolute Gasteiger partial charge is 0.284 e. The maximum Gasteiger partial charge on any atom is 0.284 e. The van der Waals surface area contributed by atoms with E-state index in [9.17, 15) is 8.78 Å². The van der Waals surface area contributed by atoms with Crippen molar-refractivity contribution in [3.63, 3.8) is 0 Å². The van der Waals surface area contributed by atoms with E-state index in [1.165, 1.54) is 10.9 Å². The van der Waals surface area contributed by atoms with Crippen LogP contribution in [0.15, 0.2) is 11.4 Å². The zero-order chi connectivity index (χ0) is 10.0. The second kappa shape index (κ2) is 3.51. The highest BCUT2D eigenvalue weighted by Crippen LogP contribution is 2.11. The Labute approximate surface area is 73.5 Å². The monoisotopic (exact) mass is 189 g/mol. The molecule has 1 heterocycles. The topological polar surface area (TPSA) is 50.4 Å². The van der Waals surface area contributed by atoms with E-state index in [0.717, 1.165) is 0 Å². The first-order chi connectivity index (χ1) is 6.06. The van der Waals surface area contributed by atoms with Crippen LogP contribution in [0, 0.1) is 6.92 Å². The largest absolute Gasteiger partial charge is 0.410 e. The van der Waals surface area contributed by atoms with Crippen LogP contribution < -0.4 is 0 Å². The Kier molecular flexibility index (Phi) is 2.60. The average Bonchev–Trinajstić information content (AvgIpc) is 2.31. The number of halogens is 2. The quantitative estimate of drug-likeness (QED) is 0.431. The summed E-state index contributed by atoms with van der Waals surface area (Å²) in [7, 11) is 1.61. The number of hydrogen-bond acceptors (Lipinski definition) is 3. The lowest BCUT2D eigenvalue weighted by atomic mass is 10.2. The number of oxime groups is 1. The molecule has 1 aromatic heterocycles. The third-order valence-corrected chi connectivity index (χ3v) is 1.60. The number of aromatic nitrogens is 2. The summed E-state index contributed by atoms with van der Waals surface area (Å²) < 4.78 is 25.9. The van der Waals surface area contributed by atoms with Gasteiger partial charge in [0.05, 0.1) is 5.69 Å². The van der Waals surface area contributed by atoms with E-state index >= 15 is 0 Å². The number of alkyl halides is 2. The van der Waals surface area contributed by atoms with Crippen molar-refractivity contribution in [1.29, 1.82) is 0 Å². The van der Waals surface area contributed by atoms with E-state index in [2.05, 4.69) is 10.3 Å². The molecule has 0 aliphatic carbocycles. The van der Waals surface area contributed by atoms with Gasteiger partial charge in [0.25, 0.3) is 6.43 Å². The van der Waals surface area contributed by atoms with Crippen LogP contribution in [0.25, 0.3) is 0 Å². The van der Waals surface area contributed by atoms with Crippen LogP contribution in [0.2, 0.25) is 0 Å². The molecule has 0 bridgehead atoms. The molecular formula is C7H9F2N3O. The van der Waals surface area contributed by atoms with Gasteiger partial charge >= 0.3 is 0 Å². The molecule has 4 nitrogen and oxygen atoms in total. The fourth-order valence-electron chi connectivity index (χ4n) is 1.07. The summed E-state index contributed by atoms with van der Waals surface area (Å²) >= 11 is 0. The van der Waals surface area contributed by atoms with Crippen molar-refractivity contribution in [2.45, 2.75) is 13.3 Å². The summed E-state index contributed by atoms with van der Waals surface area (Å²) in [5.41, 5.74) is -0.0683. The van der Waals surface area contributed by atoms with Crippen LogP contribution in [-0.4, -0.2) is 27.1 Å². The molecule has 0 amide bonds. The molecular weight excluding hydrogens is 180 g/mol. The fourth-order valence-corrected chi connectivity index (χ4v) is 1.07. The number of hydrogen-bond donors (Lipinski definition) is 1. The summed E-state index contributed by atoms with van der Waals surface area (Å²) in [4.78, 5) is 0. The van der Waals surface area contributed by atoms with Crippen LogP contribution in [0.1, 0.15) is 11.3 Å². The number of rotatable bonds is 2. The van der Waals surface area contributed by atoms with E-state index < -0.39 is 12.1 Å². The second-order valence-electron chi connectivity index (χ2n) is 2.59. The standard InChI is InChI=1S/C7H9F2N3O/c1-4-5(3-12(2)10-4)6(11-13)7(8)9/h3,7,13H,1-2H3/b11-6-. The Morgan fingerprint density at radius 3 is 2.62 bits per heavy atom. The Hall–Kier alpha value is -1.46. The Balaban J connectivity index is 3.13. The van der Waals surface area contributed by atoms with Crippen LogP contribution >= 0.6 is 0 Å². The van der Waals surface area contributed by atoms with Crippen molar-refractivity contribution in [2.24, 2.45) is 12.2 Å². The first-order valence-corrected chi connectivity index (χ1v) is 3.57. The minimum absolute atomic E-state index is 0.167. The van der Waals surface area contributed by atoms with Gasteiger partial charge < -0.3 is 5.21 Å². The molecule has 0 radical (unpaired) electrons. The minimum Gasteiger partial charge on any atom is -0.410 e. The molecule has 0 aliphatic rings. The van der Waals surface area contributed by atoms with Gasteiger partial charge in [-0.1, -0.05) is 5.16 Å². The van der Waals surface area contributed by atoms with Crippen molar-refractivity contribution in [1.82, 2.24) is 9.78 Å². The van der Waals surface area contributed by atoms with E-state index in [1.807, 2.05) is 0 Å². The fraction of sp³-hybridized carbons (Fsp3) is 0.429. The normalized spacial score (nSPS) is 12.5. The molecule has 1 N–H and O–H groups in total.